The molecule has 5 heteroatoms. The fourth-order valence-electron chi connectivity index (χ4n) is 1.36. The summed E-state index contributed by atoms with van der Waals surface area (Å²) in [6.07, 6.45) is -0.662. The van der Waals surface area contributed by atoms with Crippen LogP contribution in [0.1, 0.15) is 17.6 Å². The summed E-state index contributed by atoms with van der Waals surface area (Å²) in [5.41, 5.74) is 0. The topological polar surface area (TPSA) is 61.0 Å². The number of hydrogen-bond donors (Lipinski definition) is 2. The number of aliphatic imine (C=N–C) groups is 1. The van der Waals surface area contributed by atoms with E-state index < -0.39 is 6.10 Å². The van der Waals surface area contributed by atoms with Crippen molar-refractivity contribution in [1.82, 2.24) is 10.2 Å². The maximum absolute atomic E-state index is 9.83. The first-order valence-corrected chi connectivity index (χ1v) is 5.17. The smallest absolute Gasteiger partial charge is 0.193 e. The van der Waals surface area contributed by atoms with Gasteiger partial charge in [-0.25, -0.2) is 0 Å². The van der Waals surface area contributed by atoms with Gasteiger partial charge in [-0.1, -0.05) is 0 Å². The van der Waals surface area contributed by atoms with Crippen LogP contribution in [0.4, 0.5) is 0 Å². The summed E-state index contributed by atoms with van der Waals surface area (Å²) in [5, 5.41) is 12.9. The highest BCUT2D eigenvalue weighted by Crippen LogP contribution is 2.14. The van der Waals surface area contributed by atoms with Gasteiger partial charge in [-0.05, 0) is 19.1 Å². The number of hydrogen-bond acceptors (Lipinski definition) is 3. The lowest BCUT2D eigenvalue weighted by Gasteiger charge is -2.18. The quantitative estimate of drug-likeness (QED) is 0.589. The molecule has 1 aromatic heterocycles. The Morgan fingerprint density at radius 2 is 2.25 bits per heavy atom. The van der Waals surface area contributed by atoms with Gasteiger partial charge in [0.2, 0.25) is 0 Å². The summed E-state index contributed by atoms with van der Waals surface area (Å²) >= 11 is 0. The van der Waals surface area contributed by atoms with Crippen LogP contribution in [0.15, 0.2) is 21.5 Å². The molecule has 2 N–H and O–H groups in total. The van der Waals surface area contributed by atoms with Crippen molar-refractivity contribution >= 4 is 5.96 Å². The summed E-state index contributed by atoms with van der Waals surface area (Å²) in [4.78, 5) is 5.90. The van der Waals surface area contributed by atoms with Gasteiger partial charge in [-0.3, -0.25) is 4.99 Å². The van der Waals surface area contributed by atoms with Crippen LogP contribution in [-0.4, -0.2) is 43.7 Å². The van der Waals surface area contributed by atoms with Gasteiger partial charge in [0.25, 0.3) is 0 Å². The van der Waals surface area contributed by atoms with Gasteiger partial charge in [0.05, 0.1) is 6.54 Å². The van der Waals surface area contributed by atoms with Crippen molar-refractivity contribution in [2.45, 2.75) is 13.0 Å². The van der Waals surface area contributed by atoms with Gasteiger partial charge in [0.1, 0.15) is 17.6 Å². The second kappa shape index (κ2) is 5.55. The third-order valence-corrected chi connectivity index (χ3v) is 2.18. The Balaban J connectivity index is 2.50. The maximum Gasteiger partial charge on any atom is 0.193 e. The molecule has 0 aliphatic carbocycles. The molecular formula is C11H19N3O2. The van der Waals surface area contributed by atoms with Gasteiger partial charge in [0.15, 0.2) is 5.96 Å². The Morgan fingerprint density at radius 1 is 1.56 bits per heavy atom. The zero-order chi connectivity index (χ0) is 12.1. The predicted octanol–water partition coefficient (Wildman–Crippen LogP) is 0.758. The molecule has 1 rings (SSSR count). The van der Waals surface area contributed by atoms with Crippen LogP contribution in [0.5, 0.6) is 0 Å². The second-order valence-electron chi connectivity index (χ2n) is 3.79. The first-order valence-electron chi connectivity index (χ1n) is 5.17. The number of nitrogens with one attached hydrogen (secondary N) is 1. The lowest BCUT2D eigenvalue weighted by Crippen LogP contribution is -2.38. The Hall–Kier alpha value is -1.49. The predicted molar refractivity (Wildman–Crippen MR) is 63.5 cm³/mol. The summed E-state index contributed by atoms with van der Waals surface area (Å²) in [6.45, 7) is 2.22. The standard InChI is InChI=1S/C11H19N3O2/c1-8-5-6-10(16-8)9(15)7-13-11(12-2)14(3)4/h5-6,9,15H,7H2,1-4H3,(H,12,13). The largest absolute Gasteiger partial charge is 0.464 e. The van der Waals surface area contributed by atoms with E-state index in [1.54, 1.807) is 13.1 Å². The minimum absolute atomic E-state index is 0.373. The van der Waals surface area contributed by atoms with Crippen LogP contribution in [0, 0.1) is 6.92 Å². The Kier molecular flexibility index (Phi) is 4.37. The molecule has 0 radical (unpaired) electrons. The SMILES string of the molecule is CN=C(NCC(O)c1ccc(C)o1)N(C)C. The van der Waals surface area contributed by atoms with Gasteiger partial charge in [0, 0.05) is 21.1 Å². The van der Waals surface area contributed by atoms with E-state index in [2.05, 4.69) is 10.3 Å². The molecule has 0 aromatic carbocycles. The molecule has 16 heavy (non-hydrogen) atoms. The number of aryl methyl sites for hydroxylation is 1. The average molecular weight is 225 g/mol. The second-order valence-corrected chi connectivity index (χ2v) is 3.79. The van der Waals surface area contributed by atoms with Crippen LogP contribution < -0.4 is 5.32 Å². The molecule has 1 unspecified atom stereocenters. The maximum atomic E-state index is 9.83. The van der Waals surface area contributed by atoms with E-state index in [0.717, 1.165) is 11.7 Å². The third kappa shape index (κ3) is 3.27. The van der Waals surface area contributed by atoms with Crippen molar-refractivity contribution in [2.24, 2.45) is 4.99 Å². The average Bonchev–Trinajstić information content (AvgIpc) is 2.65. The summed E-state index contributed by atoms with van der Waals surface area (Å²) < 4.78 is 5.33. The van der Waals surface area contributed by atoms with Crippen LogP contribution in [0.2, 0.25) is 0 Å². The molecule has 0 aliphatic rings. The Labute approximate surface area is 95.8 Å². The lowest BCUT2D eigenvalue weighted by atomic mass is 10.3. The Morgan fingerprint density at radius 3 is 2.69 bits per heavy atom. The number of nitrogens with zero attached hydrogens (tertiary/aromatic N) is 2. The minimum atomic E-state index is -0.662. The number of aliphatic hydroxyl groups is 1. The molecule has 1 atom stereocenters. The van der Waals surface area contributed by atoms with E-state index in [1.165, 1.54) is 0 Å². The molecule has 90 valence electrons. The van der Waals surface area contributed by atoms with E-state index in [9.17, 15) is 5.11 Å². The van der Waals surface area contributed by atoms with E-state index in [0.29, 0.717) is 12.3 Å². The highest BCUT2D eigenvalue weighted by molar-refractivity contribution is 5.79. The molecule has 0 saturated carbocycles. The molecule has 1 heterocycles. The molecule has 0 fully saturated rings. The molecular weight excluding hydrogens is 206 g/mol. The van der Waals surface area contributed by atoms with Crippen molar-refractivity contribution in [2.75, 3.05) is 27.7 Å². The zero-order valence-electron chi connectivity index (χ0n) is 10.2. The van der Waals surface area contributed by atoms with Crippen molar-refractivity contribution in [1.29, 1.82) is 0 Å². The highest BCUT2D eigenvalue weighted by atomic mass is 16.4. The monoisotopic (exact) mass is 225 g/mol. The Bertz CT molecular complexity index is 358. The van der Waals surface area contributed by atoms with Crippen LogP contribution in [0.3, 0.4) is 0 Å². The van der Waals surface area contributed by atoms with Gasteiger partial charge >= 0.3 is 0 Å². The van der Waals surface area contributed by atoms with Crippen molar-refractivity contribution in [3.63, 3.8) is 0 Å². The fourth-order valence-corrected chi connectivity index (χ4v) is 1.36. The van der Waals surface area contributed by atoms with Crippen LogP contribution in [-0.2, 0) is 0 Å². The van der Waals surface area contributed by atoms with E-state index >= 15 is 0 Å². The van der Waals surface area contributed by atoms with E-state index in [4.69, 9.17) is 4.42 Å². The van der Waals surface area contributed by atoms with Gasteiger partial charge in [-0.2, -0.15) is 0 Å². The molecule has 0 aliphatic heterocycles. The van der Waals surface area contributed by atoms with Crippen molar-refractivity contribution in [3.05, 3.63) is 23.7 Å². The van der Waals surface area contributed by atoms with Crippen molar-refractivity contribution in [3.8, 4) is 0 Å². The first kappa shape index (κ1) is 12.6. The summed E-state index contributed by atoms with van der Waals surface area (Å²) in [5.74, 6) is 2.09. The molecule has 0 amide bonds. The minimum Gasteiger partial charge on any atom is -0.464 e. The van der Waals surface area contributed by atoms with Gasteiger partial charge in [-0.15, -0.1) is 0 Å². The number of aliphatic hydroxyl groups excluding tert-OH is 1. The number of rotatable bonds is 3. The van der Waals surface area contributed by atoms with E-state index in [-0.39, 0.29) is 0 Å². The lowest BCUT2D eigenvalue weighted by molar-refractivity contribution is 0.151. The molecule has 0 bridgehead atoms. The molecule has 0 spiro atoms. The zero-order valence-corrected chi connectivity index (χ0v) is 10.2. The highest BCUT2D eigenvalue weighted by Gasteiger charge is 2.12. The van der Waals surface area contributed by atoms with E-state index in [1.807, 2.05) is 32.0 Å². The van der Waals surface area contributed by atoms with Crippen molar-refractivity contribution < 1.29 is 9.52 Å². The van der Waals surface area contributed by atoms with Crippen LogP contribution >= 0.6 is 0 Å². The fraction of sp³-hybridized carbons (Fsp3) is 0.545. The van der Waals surface area contributed by atoms with Gasteiger partial charge < -0.3 is 19.7 Å². The molecule has 0 saturated heterocycles. The summed E-state index contributed by atoms with van der Waals surface area (Å²) in [7, 11) is 5.48. The third-order valence-electron chi connectivity index (χ3n) is 2.18. The molecule has 5 nitrogen and oxygen atoms in total. The first-order chi connectivity index (χ1) is 7.54. The number of guanidine groups is 1. The van der Waals surface area contributed by atoms with Crippen LogP contribution in [0.25, 0.3) is 0 Å². The number of furan rings is 1. The summed E-state index contributed by atoms with van der Waals surface area (Å²) in [6, 6.07) is 3.61. The molecule has 1 aromatic rings. The normalized spacial score (nSPS) is 13.7.